The molecule has 1 atom stereocenters. The molecule has 0 spiro atoms. The van der Waals surface area contributed by atoms with E-state index in [1.807, 2.05) is 30.5 Å². The van der Waals surface area contributed by atoms with Gasteiger partial charge in [-0.05, 0) is 26.0 Å². The Morgan fingerprint density at radius 1 is 1.50 bits per heavy atom. The number of nitrogens with zero attached hydrogens (tertiary/aromatic N) is 1. The van der Waals surface area contributed by atoms with Gasteiger partial charge in [0.05, 0.1) is 6.54 Å². The minimum Gasteiger partial charge on any atom is -0.342 e. The largest absolute Gasteiger partial charge is 0.342 e. The third kappa shape index (κ3) is 3.50. The van der Waals surface area contributed by atoms with Crippen LogP contribution in [0, 0.1) is 0 Å². The molecule has 1 aliphatic rings. The summed E-state index contributed by atoms with van der Waals surface area (Å²) in [6.45, 7) is 6.18. The van der Waals surface area contributed by atoms with Crippen LogP contribution in [0.4, 0.5) is 0 Å². The Morgan fingerprint density at radius 3 is 2.71 bits per heavy atom. The lowest BCUT2D eigenvalue weighted by Gasteiger charge is -2.20. The Hall–Kier alpha value is -0.220. The van der Waals surface area contributed by atoms with E-state index < -0.39 is 0 Å². The predicted molar refractivity (Wildman–Crippen MR) is 61.7 cm³/mol. The van der Waals surface area contributed by atoms with Crippen LogP contribution in [0.15, 0.2) is 0 Å². The molecule has 82 valence electrons. The number of likely N-dealkylation sites (N-methyl/N-ethyl adjacent to an activating group) is 1. The smallest absolute Gasteiger partial charge is 0.236 e. The molecule has 14 heavy (non-hydrogen) atoms. The molecular weight excluding hydrogens is 196 g/mol. The maximum atomic E-state index is 11.6. The summed E-state index contributed by atoms with van der Waals surface area (Å²) in [5.74, 6) is 2.62. The van der Waals surface area contributed by atoms with E-state index in [2.05, 4.69) is 5.32 Å². The Kier molecular flexibility index (Phi) is 5.33. The van der Waals surface area contributed by atoms with Crippen LogP contribution in [0.2, 0.25) is 0 Å². The molecule has 0 radical (unpaired) electrons. The van der Waals surface area contributed by atoms with Crippen molar-refractivity contribution in [2.45, 2.75) is 26.3 Å². The second kappa shape index (κ2) is 6.30. The number of hydrogen-bond donors (Lipinski definition) is 1. The first-order chi connectivity index (χ1) is 6.77. The van der Waals surface area contributed by atoms with E-state index in [1.165, 1.54) is 12.2 Å². The van der Waals surface area contributed by atoms with E-state index in [0.29, 0.717) is 12.6 Å². The average molecular weight is 216 g/mol. The van der Waals surface area contributed by atoms with Gasteiger partial charge in [-0.2, -0.15) is 11.8 Å². The van der Waals surface area contributed by atoms with Gasteiger partial charge in [0.25, 0.3) is 0 Å². The molecule has 3 nitrogen and oxygen atoms in total. The first-order valence-corrected chi connectivity index (χ1v) is 6.52. The number of carbonyl (C=O) groups excluding carboxylic acids is 1. The predicted octanol–water partition coefficient (Wildman–Crippen LogP) is 0.950. The highest BCUT2D eigenvalue weighted by atomic mass is 32.2. The molecule has 1 unspecified atom stereocenters. The zero-order valence-electron chi connectivity index (χ0n) is 9.08. The molecule has 1 fully saturated rings. The molecule has 4 heteroatoms. The van der Waals surface area contributed by atoms with Gasteiger partial charge in [0.15, 0.2) is 0 Å². The molecule has 1 saturated heterocycles. The molecule has 0 aliphatic carbocycles. The number of nitrogens with one attached hydrogen (secondary N) is 1. The quantitative estimate of drug-likeness (QED) is 0.742. The van der Waals surface area contributed by atoms with Crippen LogP contribution in [-0.4, -0.2) is 48.0 Å². The normalized spacial score (nSPS) is 21.1. The summed E-state index contributed by atoms with van der Waals surface area (Å²) in [5, 5.41) is 3.32. The van der Waals surface area contributed by atoms with E-state index in [9.17, 15) is 4.79 Å². The Labute approximate surface area is 90.6 Å². The summed E-state index contributed by atoms with van der Waals surface area (Å²) in [7, 11) is 0. The third-order valence-electron chi connectivity index (χ3n) is 2.59. The van der Waals surface area contributed by atoms with Gasteiger partial charge < -0.3 is 10.2 Å². The van der Waals surface area contributed by atoms with Crippen LogP contribution in [0.25, 0.3) is 0 Å². The topological polar surface area (TPSA) is 32.3 Å². The van der Waals surface area contributed by atoms with E-state index in [-0.39, 0.29) is 5.91 Å². The summed E-state index contributed by atoms with van der Waals surface area (Å²) >= 11 is 1.97. The lowest BCUT2D eigenvalue weighted by Crippen LogP contribution is -2.41. The molecule has 0 aromatic carbocycles. The monoisotopic (exact) mass is 216 g/mol. The van der Waals surface area contributed by atoms with E-state index in [4.69, 9.17) is 0 Å². The molecule has 0 bridgehead atoms. The maximum absolute atomic E-state index is 11.6. The number of thioether (sulfide) groups is 1. The number of rotatable bonds is 5. The maximum Gasteiger partial charge on any atom is 0.236 e. The highest BCUT2D eigenvalue weighted by Crippen LogP contribution is 2.16. The second-order valence-electron chi connectivity index (χ2n) is 3.51. The van der Waals surface area contributed by atoms with Crippen molar-refractivity contribution in [1.82, 2.24) is 10.2 Å². The zero-order chi connectivity index (χ0) is 10.4. The molecule has 1 heterocycles. The molecule has 1 amide bonds. The first kappa shape index (κ1) is 11.9. The SMILES string of the molecule is CCN(CC)C(=O)CNC1CCSC1. The van der Waals surface area contributed by atoms with Gasteiger partial charge in [-0.1, -0.05) is 0 Å². The molecule has 0 aromatic heterocycles. The summed E-state index contributed by atoms with van der Waals surface area (Å²) in [4.78, 5) is 13.5. The van der Waals surface area contributed by atoms with Gasteiger partial charge in [-0.15, -0.1) is 0 Å². The van der Waals surface area contributed by atoms with Gasteiger partial charge in [0.2, 0.25) is 5.91 Å². The fraction of sp³-hybridized carbons (Fsp3) is 0.900. The Balaban J connectivity index is 2.18. The molecule has 0 aromatic rings. The van der Waals surface area contributed by atoms with Crippen molar-refractivity contribution in [2.24, 2.45) is 0 Å². The lowest BCUT2D eigenvalue weighted by molar-refractivity contribution is -0.129. The highest BCUT2D eigenvalue weighted by molar-refractivity contribution is 7.99. The molecule has 1 aliphatic heterocycles. The molecule has 1 rings (SSSR count). The van der Waals surface area contributed by atoms with Crippen molar-refractivity contribution in [1.29, 1.82) is 0 Å². The van der Waals surface area contributed by atoms with Crippen molar-refractivity contribution < 1.29 is 4.79 Å². The van der Waals surface area contributed by atoms with Crippen LogP contribution in [-0.2, 0) is 4.79 Å². The highest BCUT2D eigenvalue weighted by Gasteiger charge is 2.17. The molecule has 1 N–H and O–H groups in total. The van der Waals surface area contributed by atoms with Crippen molar-refractivity contribution >= 4 is 17.7 Å². The Bertz CT molecular complexity index is 177. The summed E-state index contributed by atoms with van der Waals surface area (Å²) in [5.41, 5.74) is 0. The van der Waals surface area contributed by atoms with Crippen molar-refractivity contribution in [3.63, 3.8) is 0 Å². The van der Waals surface area contributed by atoms with Gasteiger partial charge in [0.1, 0.15) is 0 Å². The first-order valence-electron chi connectivity index (χ1n) is 5.36. The lowest BCUT2D eigenvalue weighted by atomic mass is 10.2. The standard InChI is InChI=1S/C10H20N2OS/c1-3-12(4-2)10(13)7-11-9-5-6-14-8-9/h9,11H,3-8H2,1-2H3. The van der Waals surface area contributed by atoms with Gasteiger partial charge in [0, 0.05) is 24.9 Å². The molecule has 0 saturated carbocycles. The Morgan fingerprint density at radius 2 is 2.21 bits per heavy atom. The number of amides is 1. The van der Waals surface area contributed by atoms with Crippen LogP contribution in [0.3, 0.4) is 0 Å². The van der Waals surface area contributed by atoms with E-state index >= 15 is 0 Å². The van der Waals surface area contributed by atoms with Gasteiger partial charge in [-0.3, -0.25) is 4.79 Å². The summed E-state index contributed by atoms with van der Waals surface area (Å²) in [6.07, 6.45) is 1.20. The molecular formula is C10H20N2OS. The van der Waals surface area contributed by atoms with Crippen molar-refractivity contribution in [2.75, 3.05) is 31.1 Å². The number of carbonyl (C=O) groups is 1. The van der Waals surface area contributed by atoms with E-state index in [0.717, 1.165) is 18.8 Å². The third-order valence-corrected chi connectivity index (χ3v) is 3.75. The second-order valence-corrected chi connectivity index (χ2v) is 4.66. The minimum atomic E-state index is 0.229. The summed E-state index contributed by atoms with van der Waals surface area (Å²) < 4.78 is 0. The number of hydrogen-bond acceptors (Lipinski definition) is 3. The van der Waals surface area contributed by atoms with Gasteiger partial charge >= 0.3 is 0 Å². The summed E-state index contributed by atoms with van der Waals surface area (Å²) in [6, 6.07) is 0.555. The van der Waals surface area contributed by atoms with Crippen molar-refractivity contribution in [3.8, 4) is 0 Å². The van der Waals surface area contributed by atoms with Crippen LogP contribution >= 0.6 is 11.8 Å². The van der Waals surface area contributed by atoms with Crippen LogP contribution in [0.5, 0.6) is 0 Å². The average Bonchev–Trinajstić information content (AvgIpc) is 2.69. The van der Waals surface area contributed by atoms with Crippen molar-refractivity contribution in [3.05, 3.63) is 0 Å². The fourth-order valence-corrected chi connectivity index (χ4v) is 2.80. The van der Waals surface area contributed by atoms with Crippen LogP contribution in [0.1, 0.15) is 20.3 Å². The fourth-order valence-electron chi connectivity index (χ4n) is 1.62. The van der Waals surface area contributed by atoms with E-state index in [1.54, 1.807) is 0 Å². The van der Waals surface area contributed by atoms with Crippen LogP contribution < -0.4 is 5.32 Å². The zero-order valence-corrected chi connectivity index (χ0v) is 9.90. The van der Waals surface area contributed by atoms with Gasteiger partial charge in [-0.25, -0.2) is 0 Å². The minimum absolute atomic E-state index is 0.229.